The summed E-state index contributed by atoms with van der Waals surface area (Å²) < 4.78 is 0. The van der Waals surface area contributed by atoms with E-state index in [2.05, 4.69) is 43.3 Å². The van der Waals surface area contributed by atoms with Crippen molar-refractivity contribution in [2.75, 3.05) is 0 Å². The number of nitrogens with two attached hydrogens (primary N) is 1. The SMILES string of the molecule is CCCCCCCCc1ccc(/C=C\CCCCCCCCCC(N)=O)cc1. The lowest BCUT2D eigenvalue weighted by Crippen LogP contribution is -2.09. The molecule has 1 aromatic carbocycles. The van der Waals surface area contributed by atoms with Crippen molar-refractivity contribution in [1.82, 2.24) is 0 Å². The second-order valence-electron chi connectivity index (χ2n) is 8.14. The maximum absolute atomic E-state index is 10.7. The molecule has 2 nitrogen and oxygen atoms in total. The number of unbranched alkanes of at least 4 members (excludes halogenated alkanes) is 12. The van der Waals surface area contributed by atoms with Crippen molar-refractivity contribution in [2.24, 2.45) is 5.73 Å². The van der Waals surface area contributed by atoms with Crippen LogP contribution in [0.4, 0.5) is 0 Å². The van der Waals surface area contributed by atoms with Gasteiger partial charge < -0.3 is 5.73 Å². The number of rotatable bonds is 18. The van der Waals surface area contributed by atoms with Crippen LogP contribution in [0.2, 0.25) is 0 Å². The van der Waals surface area contributed by atoms with Crippen LogP contribution in [-0.4, -0.2) is 5.91 Å². The number of primary amides is 1. The highest BCUT2D eigenvalue weighted by atomic mass is 16.1. The summed E-state index contributed by atoms with van der Waals surface area (Å²) in [7, 11) is 0. The lowest BCUT2D eigenvalue weighted by Gasteiger charge is -2.03. The van der Waals surface area contributed by atoms with Gasteiger partial charge in [-0.15, -0.1) is 0 Å². The van der Waals surface area contributed by atoms with E-state index < -0.39 is 0 Å². The maximum atomic E-state index is 10.7. The zero-order chi connectivity index (χ0) is 20.3. The molecule has 0 radical (unpaired) electrons. The predicted octanol–water partition coefficient (Wildman–Crippen LogP) is 7.60. The number of carbonyl (C=O) groups excluding carboxylic acids is 1. The number of hydrogen-bond donors (Lipinski definition) is 1. The van der Waals surface area contributed by atoms with Gasteiger partial charge in [0.25, 0.3) is 0 Å². The fraction of sp³-hybridized carbons (Fsp3) is 0.654. The Balaban J connectivity index is 2.00. The van der Waals surface area contributed by atoms with Crippen LogP contribution in [0.15, 0.2) is 30.3 Å². The third-order valence-corrected chi connectivity index (χ3v) is 5.40. The first-order valence-corrected chi connectivity index (χ1v) is 11.8. The molecule has 2 heteroatoms. The molecule has 0 bridgehead atoms. The summed E-state index contributed by atoms with van der Waals surface area (Å²) in [4.78, 5) is 10.7. The lowest BCUT2D eigenvalue weighted by atomic mass is 10.0. The first-order chi connectivity index (χ1) is 13.7. The molecule has 158 valence electrons. The number of hydrogen-bond acceptors (Lipinski definition) is 1. The molecule has 28 heavy (non-hydrogen) atoms. The molecule has 1 amide bonds. The average Bonchev–Trinajstić information content (AvgIpc) is 2.69. The van der Waals surface area contributed by atoms with Crippen LogP contribution in [-0.2, 0) is 11.2 Å². The van der Waals surface area contributed by atoms with Gasteiger partial charge in [0.2, 0.25) is 5.91 Å². The van der Waals surface area contributed by atoms with Gasteiger partial charge in [0.1, 0.15) is 0 Å². The van der Waals surface area contributed by atoms with E-state index in [4.69, 9.17) is 5.73 Å². The lowest BCUT2D eigenvalue weighted by molar-refractivity contribution is -0.118. The molecule has 0 atom stereocenters. The second kappa shape index (κ2) is 17.5. The Bertz CT molecular complexity index is 518. The van der Waals surface area contributed by atoms with Crippen molar-refractivity contribution >= 4 is 12.0 Å². The molecule has 0 aliphatic rings. The molecule has 0 unspecified atom stereocenters. The van der Waals surface area contributed by atoms with Gasteiger partial charge >= 0.3 is 0 Å². The van der Waals surface area contributed by atoms with Crippen molar-refractivity contribution in [2.45, 2.75) is 110 Å². The van der Waals surface area contributed by atoms with Crippen LogP contribution in [0.25, 0.3) is 6.08 Å². The number of carbonyl (C=O) groups is 1. The summed E-state index contributed by atoms with van der Waals surface area (Å²) in [6, 6.07) is 9.11. The molecule has 0 saturated carbocycles. The average molecular weight is 386 g/mol. The molecule has 0 aliphatic carbocycles. The summed E-state index contributed by atoms with van der Waals surface area (Å²) in [5.41, 5.74) is 7.94. The van der Waals surface area contributed by atoms with E-state index in [1.165, 1.54) is 94.6 Å². The quantitative estimate of drug-likeness (QED) is 0.260. The third kappa shape index (κ3) is 14.5. The standard InChI is InChI=1S/C26H43NO/c1-2-3-4-5-11-14-17-24-20-22-25(23-21-24)18-15-12-9-7-6-8-10-13-16-19-26(27)28/h15,18,20-23H,2-14,16-17,19H2,1H3,(H2,27,28)/b18-15-. The van der Waals surface area contributed by atoms with Crippen LogP contribution in [0.5, 0.6) is 0 Å². The van der Waals surface area contributed by atoms with Gasteiger partial charge in [-0.2, -0.15) is 0 Å². The highest BCUT2D eigenvalue weighted by Gasteiger charge is 1.96. The van der Waals surface area contributed by atoms with E-state index in [0.29, 0.717) is 6.42 Å². The van der Waals surface area contributed by atoms with Crippen molar-refractivity contribution < 1.29 is 4.79 Å². The monoisotopic (exact) mass is 385 g/mol. The Labute approximate surface area is 174 Å². The molecule has 0 saturated heterocycles. The number of allylic oxidation sites excluding steroid dienone is 1. The van der Waals surface area contributed by atoms with Gasteiger partial charge in [-0.25, -0.2) is 0 Å². The van der Waals surface area contributed by atoms with E-state index in [1.807, 2.05) is 0 Å². The summed E-state index contributed by atoms with van der Waals surface area (Å²) in [6.45, 7) is 2.27. The van der Waals surface area contributed by atoms with Gasteiger partial charge in [0, 0.05) is 6.42 Å². The fourth-order valence-electron chi connectivity index (χ4n) is 3.57. The van der Waals surface area contributed by atoms with Crippen LogP contribution in [0.3, 0.4) is 0 Å². The molecule has 1 aromatic rings. The topological polar surface area (TPSA) is 43.1 Å². The molecule has 2 N–H and O–H groups in total. The van der Waals surface area contributed by atoms with Crippen molar-refractivity contribution in [3.8, 4) is 0 Å². The zero-order valence-corrected chi connectivity index (χ0v) is 18.3. The van der Waals surface area contributed by atoms with Crippen molar-refractivity contribution in [3.63, 3.8) is 0 Å². The van der Waals surface area contributed by atoms with Crippen LogP contribution in [0, 0.1) is 0 Å². The van der Waals surface area contributed by atoms with E-state index in [-0.39, 0.29) is 5.91 Å². The molecule has 0 aliphatic heterocycles. The van der Waals surface area contributed by atoms with E-state index in [1.54, 1.807) is 0 Å². The van der Waals surface area contributed by atoms with Crippen LogP contribution in [0.1, 0.15) is 114 Å². The van der Waals surface area contributed by atoms with Crippen molar-refractivity contribution in [3.05, 3.63) is 41.5 Å². The molecule has 0 aromatic heterocycles. The Morgan fingerprint density at radius 1 is 0.786 bits per heavy atom. The molecular weight excluding hydrogens is 342 g/mol. The number of aryl methyl sites for hydroxylation is 1. The molecule has 1 rings (SSSR count). The minimum absolute atomic E-state index is 0.167. The molecule has 0 heterocycles. The minimum Gasteiger partial charge on any atom is -0.370 e. The summed E-state index contributed by atoms with van der Waals surface area (Å²) >= 11 is 0. The Morgan fingerprint density at radius 3 is 2.00 bits per heavy atom. The Hall–Kier alpha value is -1.57. The van der Waals surface area contributed by atoms with E-state index >= 15 is 0 Å². The molecular formula is C26H43NO. The largest absolute Gasteiger partial charge is 0.370 e. The fourth-order valence-corrected chi connectivity index (χ4v) is 3.57. The Kier molecular flexibility index (Phi) is 15.3. The predicted molar refractivity (Wildman–Crippen MR) is 123 cm³/mol. The first-order valence-electron chi connectivity index (χ1n) is 11.8. The highest BCUT2D eigenvalue weighted by Crippen LogP contribution is 2.13. The van der Waals surface area contributed by atoms with Gasteiger partial charge in [0.15, 0.2) is 0 Å². The van der Waals surface area contributed by atoms with Crippen molar-refractivity contribution in [1.29, 1.82) is 0 Å². The molecule has 0 fully saturated rings. The third-order valence-electron chi connectivity index (χ3n) is 5.40. The van der Waals surface area contributed by atoms with Gasteiger partial charge in [-0.1, -0.05) is 108 Å². The van der Waals surface area contributed by atoms with Crippen LogP contribution >= 0.6 is 0 Å². The smallest absolute Gasteiger partial charge is 0.217 e. The maximum Gasteiger partial charge on any atom is 0.217 e. The minimum atomic E-state index is -0.167. The first kappa shape index (κ1) is 24.5. The van der Waals surface area contributed by atoms with Gasteiger partial charge in [-0.05, 0) is 43.2 Å². The zero-order valence-electron chi connectivity index (χ0n) is 18.3. The van der Waals surface area contributed by atoms with Gasteiger partial charge in [-0.3, -0.25) is 4.79 Å². The molecule has 0 spiro atoms. The number of amides is 1. The van der Waals surface area contributed by atoms with Crippen LogP contribution < -0.4 is 5.73 Å². The highest BCUT2D eigenvalue weighted by molar-refractivity contribution is 5.73. The normalized spacial score (nSPS) is 11.3. The second-order valence-corrected chi connectivity index (χ2v) is 8.14. The summed E-state index contributed by atoms with van der Waals surface area (Å²) in [6.07, 6.45) is 24.2. The van der Waals surface area contributed by atoms with Gasteiger partial charge in [0.05, 0.1) is 0 Å². The van der Waals surface area contributed by atoms with E-state index in [9.17, 15) is 4.79 Å². The van der Waals surface area contributed by atoms with E-state index in [0.717, 1.165) is 12.8 Å². The Morgan fingerprint density at radius 2 is 1.36 bits per heavy atom. The summed E-state index contributed by atoms with van der Waals surface area (Å²) in [5.74, 6) is -0.167. The summed E-state index contributed by atoms with van der Waals surface area (Å²) in [5, 5.41) is 0. The number of benzene rings is 1.